The van der Waals surface area contributed by atoms with Crippen LogP contribution in [-0.4, -0.2) is 152 Å². The summed E-state index contributed by atoms with van der Waals surface area (Å²) in [5.41, 5.74) is -1.53. The monoisotopic (exact) mass is 883 g/mol. The van der Waals surface area contributed by atoms with Gasteiger partial charge < -0.3 is 62.5 Å². The molecule has 1 unspecified atom stereocenters. The van der Waals surface area contributed by atoms with E-state index in [-0.39, 0.29) is 38.0 Å². The summed E-state index contributed by atoms with van der Waals surface area (Å²) >= 11 is 0. The van der Waals surface area contributed by atoms with Gasteiger partial charge in [0.05, 0.1) is 36.9 Å². The molecule has 0 aromatic carbocycles. The van der Waals surface area contributed by atoms with Crippen molar-refractivity contribution >= 4 is 30.2 Å². The van der Waals surface area contributed by atoms with Crippen LogP contribution in [-0.2, 0) is 66.6 Å². The van der Waals surface area contributed by atoms with Gasteiger partial charge in [-0.05, 0) is 66.0 Å². The van der Waals surface area contributed by atoms with Gasteiger partial charge in [0.2, 0.25) is 0 Å². The fourth-order valence-corrected chi connectivity index (χ4v) is 8.41. The fourth-order valence-electron chi connectivity index (χ4n) is 8.41. The largest absolute Gasteiger partial charge is 0.462 e. The first kappa shape index (κ1) is 53.1. The standard InChI is InChI=1S/C45H73NO16/c1-13-34(50)59-42-38(46(10)11)39(61-37-24-45(9,53)43(29(7)56-37)60-35(51)21-25(2)3)28(6)57-44(42)62-40-31(19-20-47)22-26(4)32(49)18-16-14-15-17-27(5)55-36(52)23-33(41(40)54-12)58-30(8)48/h14-16,18,20,25-29,31-33,37-44,49,53H,13,17,19,21-24H2,1-12H3/b15-14+,18-16-/t26-,27-,28-,29+,31+,32+,33-,37+,38+,39-,40?,41+,42-,43+,44+,45-/m1/s1. The maximum Gasteiger partial charge on any atom is 0.309 e. The zero-order valence-corrected chi connectivity index (χ0v) is 38.6. The Morgan fingerprint density at radius 3 is 2.24 bits per heavy atom. The Morgan fingerprint density at radius 1 is 0.968 bits per heavy atom. The van der Waals surface area contributed by atoms with Crippen LogP contribution < -0.4 is 0 Å². The molecule has 0 bridgehead atoms. The molecule has 3 rings (SSSR count). The van der Waals surface area contributed by atoms with Gasteiger partial charge in [0.1, 0.15) is 36.3 Å². The Balaban J connectivity index is 2.10. The second kappa shape index (κ2) is 24.7. The molecular formula is C45H73NO16. The number of aliphatic hydroxyl groups excluding tert-OH is 1. The molecule has 0 spiro atoms. The van der Waals surface area contributed by atoms with Crippen molar-refractivity contribution in [2.24, 2.45) is 17.8 Å². The molecule has 16 atom stereocenters. The molecule has 62 heavy (non-hydrogen) atoms. The molecule has 2 saturated heterocycles. The number of hydrogen-bond donors (Lipinski definition) is 2. The molecular weight excluding hydrogens is 810 g/mol. The molecule has 0 aromatic heterocycles. The molecule has 0 aromatic rings. The van der Waals surface area contributed by atoms with Gasteiger partial charge >= 0.3 is 23.9 Å². The molecule has 17 nitrogen and oxygen atoms in total. The third-order valence-electron chi connectivity index (χ3n) is 11.4. The van der Waals surface area contributed by atoms with Crippen molar-refractivity contribution < 1.29 is 76.8 Å². The zero-order valence-electron chi connectivity index (χ0n) is 38.6. The second-order valence-corrected chi connectivity index (χ2v) is 17.8. The molecule has 0 amide bonds. The zero-order chi connectivity index (χ0) is 46.5. The van der Waals surface area contributed by atoms with E-state index in [4.69, 9.17) is 42.6 Å². The minimum absolute atomic E-state index is 0.00145. The minimum atomic E-state index is -1.53. The van der Waals surface area contributed by atoms with Crippen molar-refractivity contribution in [2.75, 3.05) is 21.2 Å². The summed E-state index contributed by atoms with van der Waals surface area (Å²) in [5, 5.41) is 22.8. The van der Waals surface area contributed by atoms with Crippen LogP contribution in [0.4, 0.5) is 0 Å². The fraction of sp³-hybridized carbons (Fsp3) is 0.800. The van der Waals surface area contributed by atoms with Crippen molar-refractivity contribution in [1.82, 2.24) is 4.90 Å². The molecule has 3 heterocycles. The molecule has 0 aliphatic carbocycles. The number of carbonyl (C=O) groups excluding carboxylic acids is 5. The van der Waals surface area contributed by atoms with Crippen LogP contribution in [0.25, 0.3) is 0 Å². The van der Waals surface area contributed by atoms with Crippen LogP contribution in [0.15, 0.2) is 24.3 Å². The van der Waals surface area contributed by atoms with Crippen LogP contribution in [0.3, 0.4) is 0 Å². The van der Waals surface area contributed by atoms with Crippen LogP contribution in [0, 0.1) is 17.8 Å². The number of likely N-dealkylation sites (N-methyl/N-ethyl adjacent to an activating group) is 1. The topological polar surface area (TPSA) is 212 Å². The number of aliphatic hydroxyl groups is 2. The summed E-state index contributed by atoms with van der Waals surface area (Å²) in [5.74, 6) is -3.52. The Hall–Kier alpha value is -3.29. The van der Waals surface area contributed by atoms with Gasteiger partial charge in [-0.15, -0.1) is 0 Å². The summed E-state index contributed by atoms with van der Waals surface area (Å²) in [6, 6.07) is -0.777. The van der Waals surface area contributed by atoms with E-state index in [9.17, 15) is 34.2 Å². The number of nitrogens with zero attached hydrogens (tertiary/aromatic N) is 1. The number of rotatable bonds is 14. The molecule has 354 valence electrons. The van der Waals surface area contributed by atoms with E-state index >= 15 is 0 Å². The smallest absolute Gasteiger partial charge is 0.309 e. The Labute approximate surface area is 367 Å². The molecule has 2 fully saturated rings. The van der Waals surface area contributed by atoms with E-state index in [0.29, 0.717) is 12.7 Å². The van der Waals surface area contributed by atoms with E-state index in [0.717, 1.165) is 0 Å². The van der Waals surface area contributed by atoms with E-state index in [1.807, 2.05) is 20.8 Å². The third-order valence-corrected chi connectivity index (χ3v) is 11.4. The van der Waals surface area contributed by atoms with Crippen LogP contribution in [0.1, 0.15) is 107 Å². The number of cyclic esters (lactones) is 1. The average Bonchev–Trinajstić information content (AvgIpc) is 3.15. The lowest BCUT2D eigenvalue weighted by Gasteiger charge is -2.51. The van der Waals surface area contributed by atoms with Gasteiger partial charge in [0, 0.05) is 46.1 Å². The average molecular weight is 884 g/mol. The molecule has 0 saturated carbocycles. The molecule has 3 aliphatic rings. The normalized spacial score (nSPS) is 38.7. The SMILES string of the molecule is CCC(=O)O[C@H]1[C@H](OC2[C@@H](CC=O)C[C@@H](C)[C@@H](O)/C=C\C=C\C[C@@H](C)OC(=O)C[C@@H](OC(C)=O)[C@@H]2OC)O[C@H](C)[C@@H](O[C@H]2C[C@@](C)(O)[C@@H](OC(=O)CC(C)C)[C@H](C)O2)[C@@H]1N(C)C. The lowest BCUT2D eigenvalue weighted by Crippen LogP contribution is -2.66. The van der Waals surface area contributed by atoms with Gasteiger partial charge in [0.15, 0.2) is 24.8 Å². The van der Waals surface area contributed by atoms with Gasteiger partial charge in [0.25, 0.3) is 0 Å². The highest BCUT2D eigenvalue weighted by molar-refractivity contribution is 5.72. The summed E-state index contributed by atoms with van der Waals surface area (Å²) in [4.78, 5) is 66.1. The number of esters is 4. The Kier molecular flexibility index (Phi) is 21.1. The van der Waals surface area contributed by atoms with Gasteiger partial charge in [-0.25, -0.2) is 0 Å². The maximum absolute atomic E-state index is 13.4. The summed E-state index contributed by atoms with van der Waals surface area (Å²) < 4.78 is 55.5. The molecule has 2 N–H and O–H groups in total. The van der Waals surface area contributed by atoms with E-state index in [1.165, 1.54) is 14.0 Å². The highest BCUT2D eigenvalue weighted by Crippen LogP contribution is 2.38. The number of methoxy groups -OCH3 is 1. The van der Waals surface area contributed by atoms with Crippen LogP contribution in [0.2, 0.25) is 0 Å². The number of carbonyl (C=O) groups is 5. The van der Waals surface area contributed by atoms with E-state index < -0.39 is 127 Å². The van der Waals surface area contributed by atoms with Crippen molar-refractivity contribution in [3.63, 3.8) is 0 Å². The second-order valence-electron chi connectivity index (χ2n) is 17.8. The van der Waals surface area contributed by atoms with E-state index in [2.05, 4.69) is 0 Å². The highest BCUT2D eigenvalue weighted by Gasteiger charge is 2.54. The number of aldehydes is 1. The minimum Gasteiger partial charge on any atom is -0.462 e. The number of allylic oxidation sites excluding steroid dienone is 2. The quantitative estimate of drug-likeness (QED) is 0.144. The summed E-state index contributed by atoms with van der Waals surface area (Å²) in [6.07, 6.45) is -4.36. The van der Waals surface area contributed by atoms with E-state index in [1.54, 1.807) is 77.9 Å². The highest BCUT2D eigenvalue weighted by atomic mass is 16.7. The molecule has 0 radical (unpaired) electrons. The predicted octanol–water partition coefficient (Wildman–Crippen LogP) is 3.97. The van der Waals surface area contributed by atoms with Crippen LogP contribution in [0.5, 0.6) is 0 Å². The van der Waals surface area contributed by atoms with Crippen molar-refractivity contribution in [1.29, 1.82) is 0 Å². The predicted molar refractivity (Wildman–Crippen MR) is 224 cm³/mol. The van der Waals surface area contributed by atoms with Crippen LogP contribution >= 0.6 is 0 Å². The van der Waals surface area contributed by atoms with Gasteiger partial charge in [-0.2, -0.15) is 0 Å². The van der Waals surface area contributed by atoms with Crippen molar-refractivity contribution in [3.05, 3.63) is 24.3 Å². The first-order valence-corrected chi connectivity index (χ1v) is 21.9. The van der Waals surface area contributed by atoms with Gasteiger partial charge in [-0.1, -0.05) is 52.0 Å². The number of hydrogen-bond acceptors (Lipinski definition) is 17. The Bertz CT molecular complexity index is 1520. The first-order chi connectivity index (χ1) is 29.1. The lowest BCUT2D eigenvalue weighted by molar-refractivity contribution is -0.345. The molecule has 17 heteroatoms. The lowest BCUT2D eigenvalue weighted by atomic mass is 9.82. The molecule has 3 aliphatic heterocycles. The summed E-state index contributed by atoms with van der Waals surface area (Å²) in [6.45, 7) is 15.1. The third kappa shape index (κ3) is 15.5. The first-order valence-electron chi connectivity index (χ1n) is 21.9. The van der Waals surface area contributed by atoms with Crippen molar-refractivity contribution in [3.8, 4) is 0 Å². The summed E-state index contributed by atoms with van der Waals surface area (Å²) in [7, 11) is 4.89. The van der Waals surface area contributed by atoms with Gasteiger partial charge in [-0.3, -0.25) is 19.2 Å². The number of ether oxygens (including phenoxy) is 9. The Morgan fingerprint density at radius 2 is 1.66 bits per heavy atom. The maximum atomic E-state index is 13.4. The van der Waals surface area contributed by atoms with Crippen molar-refractivity contribution in [2.45, 2.75) is 193 Å².